The van der Waals surface area contributed by atoms with E-state index < -0.39 is 0 Å². The van der Waals surface area contributed by atoms with Crippen molar-refractivity contribution in [2.45, 2.75) is 19.9 Å². The maximum Gasteiger partial charge on any atom is 0.256 e. The maximum atomic E-state index is 12.4. The summed E-state index contributed by atoms with van der Waals surface area (Å²) in [7, 11) is 1.53. The molecule has 1 N–H and O–H groups in total. The van der Waals surface area contributed by atoms with Crippen LogP contribution < -0.4 is 14.8 Å². The van der Waals surface area contributed by atoms with E-state index in [0.29, 0.717) is 29.5 Å². The Labute approximate surface area is 135 Å². The molecule has 2 aromatic rings. The van der Waals surface area contributed by atoms with Crippen molar-refractivity contribution in [1.82, 2.24) is 9.78 Å². The molecule has 0 saturated carbocycles. The number of carbonyl (C=O) groups is 1. The fourth-order valence-electron chi connectivity index (χ4n) is 2.09. The Kier molecular flexibility index (Phi) is 5.41. The second kappa shape index (κ2) is 7.49. The predicted molar refractivity (Wildman–Crippen MR) is 89.3 cm³/mol. The highest BCUT2D eigenvalue weighted by molar-refractivity contribution is 6.04. The number of aromatic nitrogens is 2. The van der Waals surface area contributed by atoms with Crippen LogP contribution in [0.1, 0.15) is 30.2 Å². The normalized spacial score (nSPS) is 10.4. The lowest BCUT2D eigenvalue weighted by Crippen LogP contribution is -2.16. The van der Waals surface area contributed by atoms with Gasteiger partial charge in [-0.1, -0.05) is 12.7 Å². The molecule has 0 bridgehead atoms. The Morgan fingerprint density at radius 1 is 1.39 bits per heavy atom. The second-order valence-electron chi connectivity index (χ2n) is 5.17. The molecule has 0 fully saturated rings. The number of ether oxygens (including phenoxy) is 2. The minimum absolute atomic E-state index is 0.157. The molecule has 6 heteroatoms. The van der Waals surface area contributed by atoms with E-state index in [4.69, 9.17) is 9.47 Å². The summed E-state index contributed by atoms with van der Waals surface area (Å²) in [6.07, 6.45) is 3.30. The molecule has 2 rings (SSSR count). The molecule has 1 heterocycles. The number of hydrogen-bond donors (Lipinski definition) is 1. The molecule has 1 aromatic carbocycles. The minimum Gasteiger partial charge on any atom is -0.493 e. The zero-order valence-electron chi connectivity index (χ0n) is 13.6. The van der Waals surface area contributed by atoms with Gasteiger partial charge in [0.15, 0.2) is 11.5 Å². The van der Waals surface area contributed by atoms with Gasteiger partial charge in [-0.15, -0.1) is 0 Å². The summed E-state index contributed by atoms with van der Waals surface area (Å²) in [6, 6.07) is 6.95. The molecular formula is C17H21N3O3. The van der Waals surface area contributed by atoms with Crippen LogP contribution in [-0.4, -0.2) is 29.4 Å². The van der Waals surface area contributed by atoms with Crippen molar-refractivity contribution >= 4 is 11.7 Å². The fourth-order valence-corrected chi connectivity index (χ4v) is 2.09. The number of nitrogens with one attached hydrogen (secondary N) is 1. The van der Waals surface area contributed by atoms with Gasteiger partial charge in [-0.05, 0) is 32.0 Å². The Hall–Kier alpha value is -2.76. The lowest BCUT2D eigenvalue weighted by atomic mass is 10.2. The smallest absolute Gasteiger partial charge is 0.256 e. The average Bonchev–Trinajstić information content (AvgIpc) is 3.01. The molecule has 0 saturated heterocycles. The van der Waals surface area contributed by atoms with Gasteiger partial charge in [0.2, 0.25) is 0 Å². The lowest BCUT2D eigenvalue weighted by Gasteiger charge is -2.13. The fraction of sp³-hybridized carbons (Fsp3) is 0.294. The number of amides is 1. The predicted octanol–water partition coefficient (Wildman–Crippen LogP) is 3.29. The zero-order valence-corrected chi connectivity index (χ0v) is 13.6. The van der Waals surface area contributed by atoms with Gasteiger partial charge in [-0.3, -0.25) is 4.79 Å². The molecule has 0 aliphatic carbocycles. The standard InChI is InChI=1S/C17H21N3O3/c1-5-10-23-14-7-6-13(11-15(14)22-4)17(21)19-16-8-9-18-20(16)12(2)3/h5-9,11-12H,1,10H2,2-4H3,(H,19,21). The molecule has 122 valence electrons. The van der Waals surface area contributed by atoms with Gasteiger partial charge >= 0.3 is 0 Å². The van der Waals surface area contributed by atoms with E-state index in [0.717, 1.165) is 0 Å². The molecule has 6 nitrogen and oxygen atoms in total. The average molecular weight is 315 g/mol. The third-order valence-corrected chi connectivity index (χ3v) is 3.18. The topological polar surface area (TPSA) is 65.4 Å². The number of carbonyl (C=O) groups excluding carboxylic acids is 1. The van der Waals surface area contributed by atoms with Gasteiger partial charge in [0.05, 0.1) is 13.3 Å². The van der Waals surface area contributed by atoms with Gasteiger partial charge in [-0.2, -0.15) is 5.10 Å². The first-order valence-corrected chi connectivity index (χ1v) is 7.33. The molecule has 23 heavy (non-hydrogen) atoms. The van der Waals surface area contributed by atoms with E-state index in [9.17, 15) is 4.79 Å². The van der Waals surface area contributed by atoms with Crippen LogP contribution in [-0.2, 0) is 0 Å². The molecular weight excluding hydrogens is 294 g/mol. The third kappa shape index (κ3) is 3.91. The van der Waals surface area contributed by atoms with E-state index in [1.165, 1.54) is 7.11 Å². The molecule has 0 spiro atoms. The van der Waals surface area contributed by atoms with Crippen LogP contribution >= 0.6 is 0 Å². The van der Waals surface area contributed by atoms with Gasteiger partial charge in [0.1, 0.15) is 12.4 Å². The number of anilines is 1. The summed E-state index contributed by atoms with van der Waals surface area (Å²) in [6.45, 7) is 7.97. The van der Waals surface area contributed by atoms with Gasteiger partial charge in [0, 0.05) is 17.7 Å². The first-order valence-electron chi connectivity index (χ1n) is 7.33. The van der Waals surface area contributed by atoms with E-state index >= 15 is 0 Å². The summed E-state index contributed by atoms with van der Waals surface area (Å²) >= 11 is 0. The first kappa shape index (κ1) is 16.6. The lowest BCUT2D eigenvalue weighted by molar-refractivity contribution is 0.102. The molecule has 0 atom stereocenters. The second-order valence-corrected chi connectivity index (χ2v) is 5.17. The van der Waals surface area contributed by atoms with Crippen LogP contribution in [0.25, 0.3) is 0 Å². The number of methoxy groups -OCH3 is 1. The van der Waals surface area contributed by atoms with Gasteiger partial charge < -0.3 is 14.8 Å². The Morgan fingerprint density at radius 2 is 2.17 bits per heavy atom. The SMILES string of the molecule is C=CCOc1ccc(C(=O)Nc2ccnn2C(C)C)cc1OC. The summed E-state index contributed by atoms with van der Waals surface area (Å²) < 4.78 is 12.5. The Morgan fingerprint density at radius 3 is 2.83 bits per heavy atom. The zero-order chi connectivity index (χ0) is 16.8. The number of hydrogen-bond acceptors (Lipinski definition) is 4. The van der Waals surface area contributed by atoms with Gasteiger partial charge in [-0.25, -0.2) is 4.68 Å². The van der Waals surface area contributed by atoms with Crippen LogP contribution in [0.2, 0.25) is 0 Å². The van der Waals surface area contributed by atoms with Crippen molar-refractivity contribution in [3.05, 3.63) is 48.7 Å². The molecule has 0 aliphatic heterocycles. The number of benzene rings is 1. The Balaban J connectivity index is 2.19. The van der Waals surface area contributed by atoms with Crippen LogP contribution in [0.5, 0.6) is 11.5 Å². The summed E-state index contributed by atoms with van der Waals surface area (Å²) in [5.41, 5.74) is 0.476. The van der Waals surface area contributed by atoms with Crippen molar-refractivity contribution < 1.29 is 14.3 Å². The molecule has 0 aliphatic rings. The minimum atomic E-state index is -0.235. The quantitative estimate of drug-likeness (QED) is 0.796. The number of nitrogens with zero attached hydrogens (tertiary/aromatic N) is 2. The Bertz CT molecular complexity index is 692. The van der Waals surface area contributed by atoms with Crippen LogP contribution in [0, 0.1) is 0 Å². The molecule has 0 unspecified atom stereocenters. The highest BCUT2D eigenvalue weighted by atomic mass is 16.5. The first-order chi connectivity index (χ1) is 11.1. The van der Waals surface area contributed by atoms with Crippen molar-refractivity contribution in [3.8, 4) is 11.5 Å². The van der Waals surface area contributed by atoms with Crippen molar-refractivity contribution in [2.75, 3.05) is 19.0 Å². The molecule has 1 amide bonds. The van der Waals surface area contributed by atoms with E-state index in [1.807, 2.05) is 13.8 Å². The number of rotatable bonds is 7. The van der Waals surface area contributed by atoms with Crippen LogP contribution in [0.3, 0.4) is 0 Å². The van der Waals surface area contributed by atoms with Crippen LogP contribution in [0.15, 0.2) is 43.1 Å². The van der Waals surface area contributed by atoms with Crippen LogP contribution in [0.4, 0.5) is 5.82 Å². The van der Waals surface area contributed by atoms with Crippen molar-refractivity contribution in [2.24, 2.45) is 0 Å². The van der Waals surface area contributed by atoms with Gasteiger partial charge in [0.25, 0.3) is 5.91 Å². The summed E-state index contributed by atoms with van der Waals surface area (Å²) in [4.78, 5) is 12.4. The highest BCUT2D eigenvalue weighted by Gasteiger charge is 2.14. The highest BCUT2D eigenvalue weighted by Crippen LogP contribution is 2.28. The summed E-state index contributed by atoms with van der Waals surface area (Å²) in [5, 5.41) is 7.04. The maximum absolute atomic E-state index is 12.4. The van der Waals surface area contributed by atoms with Crippen molar-refractivity contribution in [3.63, 3.8) is 0 Å². The molecule has 1 aromatic heterocycles. The third-order valence-electron chi connectivity index (χ3n) is 3.18. The van der Waals surface area contributed by atoms with E-state index in [-0.39, 0.29) is 11.9 Å². The monoisotopic (exact) mass is 315 g/mol. The van der Waals surface area contributed by atoms with E-state index in [1.54, 1.807) is 41.2 Å². The summed E-state index contributed by atoms with van der Waals surface area (Å²) in [5.74, 6) is 1.48. The molecule has 0 radical (unpaired) electrons. The van der Waals surface area contributed by atoms with E-state index in [2.05, 4.69) is 17.0 Å². The largest absolute Gasteiger partial charge is 0.493 e. The van der Waals surface area contributed by atoms with Crippen molar-refractivity contribution in [1.29, 1.82) is 0 Å².